The number of carboxylic acids is 1. The molecule has 2 N–H and O–H groups in total. The Balaban J connectivity index is 2.34. The molecule has 1 aliphatic carbocycles. The lowest BCUT2D eigenvalue weighted by Gasteiger charge is -2.09. The first-order valence-electron chi connectivity index (χ1n) is 5.64. The highest BCUT2D eigenvalue weighted by Gasteiger charge is 2.33. The molecule has 0 aromatic heterocycles. The Labute approximate surface area is 95.7 Å². The number of hydrogen-bond acceptors (Lipinski definition) is 2. The van der Waals surface area contributed by atoms with Crippen LogP contribution in [-0.2, 0) is 9.59 Å². The average Bonchev–Trinajstić information content (AvgIpc) is 2.65. The molecule has 1 aliphatic rings. The number of carboxylic acid groups (broad SMARTS) is 1. The normalized spacial score (nSPS) is 23.9. The van der Waals surface area contributed by atoms with Gasteiger partial charge in [-0.3, -0.25) is 9.59 Å². The number of amides is 1. The molecule has 0 spiro atoms. The van der Waals surface area contributed by atoms with Gasteiger partial charge in [0.25, 0.3) is 0 Å². The summed E-state index contributed by atoms with van der Waals surface area (Å²) in [5.74, 6) is -1.24. The van der Waals surface area contributed by atoms with Crippen LogP contribution in [0.1, 0.15) is 33.1 Å². The molecular formula is C12H19NO3. The predicted octanol–water partition coefficient (Wildman–Crippen LogP) is 1.57. The van der Waals surface area contributed by atoms with E-state index in [1.165, 1.54) is 0 Å². The summed E-state index contributed by atoms with van der Waals surface area (Å²) in [6.07, 6.45) is 3.74. The first-order chi connectivity index (χ1) is 7.50. The minimum absolute atomic E-state index is 0.0127. The molecule has 4 nitrogen and oxygen atoms in total. The maximum atomic E-state index is 11.7. The lowest BCUT2D eigenvalue weighted by molar-refractivity contribution is -0.141. The standard InChI is InChI=1S/C12H19NO3/c1-8(2)5-6-13-11(14)9-3-4-10(7-9)12(15)16/h5,9-10H,3-4,6-7H2,1-2H3,(H,13,14)(H,15,16). The zero-order chi connectivity index (χ0) is 12.1. The van der Waals surface area contributed by atoms with Gasteiger partial charge in [-0.2, -0.15) is 0 Å². The van der Waals surface area contributed by atoms with Gasteiger partial charge in [0, 0.05) is 12.5 Å². The van der Waals surface area contributed by atoms with E-state index >= 15 is 0 Å². The minimum Gasteiger partial charge on any atom is -0.481 e. The van der Waals surface area contributed by atoms with Gasteiger partial charge in [0.2, 0.25) is 5.91 Å². The number of hydrogen-bond donors (Lipinski definition) is 2. The summed E-state index contributed by atoms with van der Waals surface area (Å²) >= 11 is 0. The van der Waals surface area contributed by atoms with Crippen molar-refractivity contribution in [3.05, 3.63) is 11.6 Å². The van der Waals surface area contributed by atoms with Gasteiger partial charge in [-0.15, -0.1) is 0 Å². The molecule has 90 valence electrons. The molecule has 1 rings (SSSR count). The van der Waals surface area contributed by atoms with Crippen molar-refractivity contribution >= 4 is 11.9 Å². The van der Waals surface area contributed by atoms with Gasteiger partial charge in [0.05, 0.1) is 5.92 Å². The molecule has 2 atom stereocenters. The molecule has 1 amide bonds. The van der Waals surface area contributed by atoms with E-state index in [9.17, 15) is 9.59 Å². The Morgan fingerprint density at radius 1 is 1.31 bits per heavy atom. The van der Waals surface area contributed by atoms with Crippen molar-refractivity contribution in [1.82, 2.24) is 5.32 Å². The Kier molecular flexibility index (Phi) is 4.52. The number of carbonyl (C=O) groups excluding carboxylic acids is 1. The maximum Gasteiger partial charge on any atom is 0.306 e. The SMILES string of the molecule is CC(C)=CCNC(=O)C1CCC(C(=O)O)C1. The first-order valence-corrected chi connectivity index (χ1v) is 5.64. The summed E-state index contributed by atoms with van der Waals surface area (Å²) < 4.78 is 0. The molecule has 4 heteroatoms. The molecular weight excluding hydrogens is 206 g/mol. The molecule has 0 aromatic carbocycles. The molecule has 0 bridgehead atoms. The Bertz CT molecular complexity index is 305. The fourth-order valence-electron chi connectivity index (χ4n) is 1.94. The van der Waals surface area contributed by atoms with Gasteiger partial charge in [-0.05, 0) is 33.1 Å². The summed E-state index contributed by atoms with van der Waals surface area (Å²) in [5.41, 5.74) is 1.16. The quantitative estimate of drug-likeness (QED) is 0.714. The van der Waals surface area contributed by atoms with Crippen LogP contribution in [-0.4, -0.2) is 23.5 Å². The summed E-state index contributed by atoms with van der Waals surface area (Å²) in [4.78, 5) is 22.4. The zero-order valence-electron chi connectivity index (χ0n) is 9.82. The Hall–Kier alpha value is -1.32. The van der Waals surface area contributed by atoms with Gasteiger partial charge < -0.3 is 10.4 Å². The predicted molar refractivity (Wildman–Crippen MR) is 60.9 cm³/mol. The van der Waals surface area contributed by atoms with E-state index < -0.39 is 5.97 Å². The second-order valence-corrected chi connectivity index (χ2v) is 4.57. The number of aliphatic carboxylic acids is 1. The van der Waals surface area contributed by atoms with Crippen LogP contribution in [0.3, 0.4) is 0 Å². The van der Waals surface area contributed by atoms with Gasteiger partial charge in [-0.1, -0.05) is 11.6 Å². The van der Waals surface area contributed by atoms with E-state index in [1.54, 1.807) is 0 Å². The highest BCUT2D eigenvalue weighted by molar-refractivity contribution is 5.80. The third-order valence-corrected chi connectivity index (χ3v) is 2.94. The first kappa shape index (κ1) is 12.7. The van der Waals surface area contributed by atoms with E-state index in [2.05, 4.69) is 5.32 Å². The number of carbonyl (C=O) groups is 2. The van der Waals surface area contributed by atoms with Crippen LogP contribution in [0.4, 0.5) is 0 Å². The van der Waals surface area contributed by atoms with Crippen molar-refractivity contribution in [2.24, 2.45) is 11.8 Å². The van der Waals surface area contributed by atoms with Gasteiger partial charge in [-0.25, -0.2) is 0 Å². The number of allylic oxidation sites excluding steroid dienone is 1. The smallest absolute Gasteiger partial charge is 0.306 e. The molecule has 1 saturated carbocycles. The number of rotatable bonds is 4. The van der Waals surface area contributed by atoms with Crippen molar-refractivity contribution in [3.8, 4) is 0 Å². The molecule has 0 aromatic rings. The largest absolute Gasteiger partial charge is 0.481 e. The van der Waals surface area contributed by atoms with Crippen molar-refractivity contribution < 1.29 is 14.7 Å². The van der Waals surface area contributed by atoms with Gasteiger partial charge in [0.15, 0.2) is 0 Å². The van der Waals surface area contributed by atoms with Crippen LogP contribution in [0.2, 0.25) is 0 Å². The third-order valence-electron chi connectivity index (χ3n) is 2.94. The lowest BCUT2D eigenvalue weighted by Crippen LogP contribution is -2.30. The van der Waals surface area contributed by atoms with Crippen molar-refractivity contribution in [1.29, 1.82) is 0 Å². The van der Waals surface area contributed by atoms with Crippen molar-refractivity contribution in [2.45, 2.75) is 33.1 Å². The van der Waals surface area contributed by atoms with Crippen LogP contribution >= 0.6 is 0 Å². The minimum atomic E-state index is -0.778. The second kappa shape index (κ2) is 5.68. The van der Waals surface area contributed by atoms with Crippen LogP contribution in [0.5, 0.6) is 0 Å². The zero-order valence-corrected chi connectivity index (χ0v) is 9.82. The van der Waals surface area contributed by atoms with Crippen LogP contribution in [0.15, 0.2) is 11.6 Å². The molecule has 2 unspecified atom stereocenters. The maximum absolute atomic E-state index is 11.7. The van der Waals surface area contributed by atoms with Crippen LogP contribution in [0.25, 0.3) is 0 Å². The monoisotopic (exact) mass is 225 g/mol. The van der Waals surface area contributed by atoms with E-state index in [0.717, 1.165) is 5.57 Å². The van der Waals surface area contributed by atoms with E-state index in [0.29, 0.717) is 25.8 Å². The highest BCUT2D eigenvalue weighted by atomic mass is 16.4. The van der Waals surface area contributed by atoms with Crippen LogP contribution in [0, 0.1) is 11.8 Å². The molecule has 0 aliphatic heterocycles. The molecule has 0 radical (unpaired) electrons. The Morgan fingerprint density at radius 3 is 2.44 bits per heavy atom. The van der Waals surface area contributed by atoms with Gasteiger partial charge in [0.1, 0.15) is 0 Å². The summed E-state index contributed by atoms with van der Waals surface area (Å²) in [5, 5.41) is 11.6. The fraction of sp³-hybridized carbons (Fsp3) is 0.667. The van der Waals surface area contributed by atoms with Gasteiger partial charge >= 0.3 is 5.97 Å². The average molecular weight is 225 g/mol. The van der Waals surface area contributed by atoms with E-state index in [1.807, 2.05) is 19.9 Å². The summed E-state index contributed by atoms with van der Waals surface area (Å²) in [6.45, 7) is 4.49. The molecule has 0 saturated heterocycles. The molecule has 0 heterocycles. The lowest BCUT2D eigenvalue weighted by atomic mass is 10.0. The topological polar surface area (TPSA) is 66.4 Å². The third kappa shape index (κ3) is 3.68. The van der Waals surface area contributed by atoms with E-state index in [4.69, 9.17) is 5.11 Å². The van der Waals surface area contributed by atoms with Crippen molar-refractivity contribution in [2.75, 3.05) is 6.54 Å². The Morgan fingerprint density at radius 2 is 1.94 bits per heavy atom. The van der Waals surface area contributed by atoms with E-state index in [-0.39, 0.29) is 17.7 Å². The summed E-state index contributed by atoms with van der Waals surface area (Å²) in [7, 11) is 0. The fourth-order valence-corrected chi connectivity index (χ4v) is 1.94. The molecule has 16 heavy (non-hydrogen) atoms. The van der Waals surface area contributed by atoms with Crippen LogP contribution < -0.4 is 5.32 Å². The molecule has 1 fully saturated rings. The highest BCUT2D eigenvalue weighted by Crippen LogP contribution is 2.30. The number of nitrogens with one attached hydrogen (secondary N) is 1. The summed E-state index contributed by atoms with van der Waals surface area (Å²) in [6, 6.07) is 0. The van der Waals surface area contributed by atoms with Crippen molar-refractivity contribution in [3.63, 3.8) is 0 Å². The second-order valence-electron chi connectivity index (χ2n) is 4.57.